The Hall–Kier alpha value is -2.75. The Bertz CT molecular complexity index is 898. The van der Waals surface area contributed by atoms with Crippen molar-refractivity contribution in [2.24, 2.45) is 0 Å². The van der Waals surface area contributed by atoms with Crippen LogP contribution in [0.3, 0.4) is 0 Å². The number of likely N-dealkylation sites (tertiary alicyclic amines) is 1. The number of fused-ring (bicyclic) bond motifs is 1. The summed E-state index contributed by atoms with van der Waals surface area (Å²) in [5.41, 5.74) is 3.62. The number of carbonyl (C=O) groups is 1. The molecule has 1 aliphatic rings. The molecule has 2 aromatic carbocycles. The number of aromatic amines is 1. The monoisotopic (exact) mass is 348 g/mol. The van der Waals surface area contributed by atoms with Crippen LogP contribution >= 0.6 is 0 Å². The number of aryl methyl sites for hydroxylation is 1. The topological polar surface area (TPSA) is 45.3 Å². The van der Waals surface area contributed by atoms with Crippen molar-refractivity contribution in [3.05, 3.63) is 65.9 Å². The minimum atomic E-state index is 0.0768. The van der Waals surface area contributed by atoms with Crippen LogP contribution in [-0.4, -0.2) is 35.0 Å². The highest BCUT2D eigenvalue weighted by Crippen LogP contribution is 2.26. The van der Waals surface area contributed by atoms with Crippen molar-refractivity contribution in [1.82, 2.24) is 9.88 Å². The number of hydrogen-bond donors (Lipinski definition) is 1. The van der Waals surface area contributed by atoms with Gasteiger partial charge in [-0.15, -0.1) is 0 Å². The lowest BCUT2D eigenvalue weighted by atomic mass is 10.0. The van der Waals surface area contributed by atoms with Crippen molar-refractivity contribution >= 4 is 16.8 Å². The number of hydrogen-bond acceptors (Lipinski definition) is 2. The number of aromatic nitrogens is 1. The standard InChI is InChI=1S/C22H24N2O2/c1-16-8-10-19(11-9-16)26-15-22(25)24-12-4-5-18(24)13-17-14-23-21-7-3-2-6-20(17)21/h2-3,6-11,14,18,23H,4-5,12-13,15H2,1H3. The first-order valence-electron chi connectivity index (χ1n) is 9.24. The molecule has 3 aromatic rings. The van der Waals surface area contributed by atoms with E-state index >= 15 is 0 Å². The van der Waals surface area contributed by atoms with Crippen LogP contribution in [0, 0.1) is 6.92 Å². The van der Waals surface area contributed by atoms with E-state index in [9.17, 15) is 4.79 Å². The van der Waals surface area contributed by atoms with Crippen LogP contribution in [0.15, 0.2) is 54.7 Å². The Kier molecular flexibility index (Phi) is 4.65. The summed E-state index contributed by atoms with van der Waals surface area (Å²) in [6, 6.07) is 16.4. The number of rotatable bonds is 5. The number of H-pyrrole nitrogens is 1. The predicted octanol–water partition coefficient (Wildman–Crippen LogP) is 4.09. The van der Waals surface area contributed by atoms with E-state index in [-0.39, 0.29) is 18.6 Å². The van der Waals surface area contributed by atoms with Crippen molar-refractivity contribution in [3.8, 4) is 5.75 Å². The summed E-state index contributed by atoms with van der Waals surface area (Å²) in [5, 5.41) is 1.25. The molecule has 4 nitrogen and oxygen atoms in total. The molecule has 1 N–H and O–H groups in total. The van der Waals surface area contributed by atoms with Crippen LogP contribution in [0.25, 0.3) is 10.9 Å². The largest absolute Gasteiger partial charge is 0.484 e. The van der Waals surface area contributed by atoms with Gasteiger partial charge in [0.1, 0.15) is 5.75 Å². The number of para-hydroxylation sites is 1. The van der Waals surface area contributed by atoms with E-state index in [2.05, 4.69) is 29.4 Å². The SMILES string of the molecule is Cc1ccc(OCC(=O)N2CCCC2Cc2c[nH]c3ccccc23)cc1. The van der Waals surface area contributed by atoms with Gasteiger partial charge >= 0.3 is 0 Å². The summed E-state index contributed by atoms with van der Waals surface area (Å²) in [7, 11) is 0. The van der Waals surface area contributed by atoms with Crippen molar-refractivity contribution < 1.29 is 9.53 Å². The third kappa shape index (κ3) is 3.45. The molecule has 1 atom stereocenters. The van der Waals surface area contributed by atoms with E-state index in [0.717, 1.165) is 37.1 Å². The van der Waals surface area contributed by atoms with E-state index in [1.54, 1.807) is 0 Å². The fraction of sp³-hybridized carbons (Fsp3) is 0.318. The summed E-state index contributed by atoms with van der Waals surface area (Å²) >= 11 is 0. The van der Waals surface area contributed by atoms with Gasteiger partial charge in [-0.3, -0.25) is 4.79 Å². The summed E-state index contributed by atoms with van der Waals surface area (Å²) in [6.45, 7) is 2.96. The molecule has 0 saturated carbocycles. The second kappa shape index (κ2) is 7.24. The maximum absolute atomic E-state index is 12.7. The van der Waals surface area contributed by atoms with Gasteiger partial charge < -0.3 is 14.6 Å². The second-order valence-corrected chi connectivity index (χ2v) is 7.05. The van der Waals surface area contributed by atoms with Crippen LogP contribution in [0.4, 0.5) is 0 Å². The highest BCUT2D eigenvalue weighted by Gasteiger charge is 2.29. The van der Waals surface area contributed by atoms with Crippen molar-refractivity contribution in [2.75, 3.05) is 13.2 Å². The normalized spacial score (nSPS) is 17.0. The molecule has 1 unspecified atom stereocenters. The number of ether oxygens (including phenoxy) is 1. The molecular weight excluding hydrogens is 324 g/mol. The van der Waals surface area contributed by atoms with Gasteiger partial charge in [0.05, 0.1) is 0 Å². The highest BCUT2D eigenvalue weighted by molar-refractivity contribution is 5.83. The fourth-order valence-corrected chi connectivity index (χ4v) is 3.79. The molecule has 0 radical (unpaired) electrons. The van der Waals surface area contributed by atoms with Gasteiger partial charge in [-0.25, -0.2) is 0 Å². The first-order chi connectivity index (χ1) is 12.7. The van der Waals surface area contributed by atoms with Gasteiger partial charge in [0.2, 0.25) is 0 Å². The van der Waals surface area contributed by atoms with E-state index in [1.807, 2.05) is 42.2 Å². The highest BCUT2D eigenvalue weighted by atomic mass is 16.5. The Labute approximate surface area is 153 Å². The molecule has 134 valence electrons. The molecule has 2 heterocycles. The number of nitrogens with one attached hydrogen (secondary N) is 1. The molecule has 1 saturated heterocycles. The van der Waals surface area contributed by atoms with Gasteiger partial charge in [-0.2, -0.15) is 0 Å². The molecule has 4 heteroatoms. The van der Waals surface area contributed by atoms with E-state index in [0.29, 0.717) is 0 Å². The fourth-order valence-electron chi connectivity index (χ4n) is 3.79. The maximum atomic E-state index is 12.7. The Morgan fingerprint density at radius 3 is 2.85 bits per heavy atom. The average Bonchev–Trinajstić information content (AvgIpc) is 3.29. The lowest BCUT2D eigenvalue weighted by Gasteiger charge is -2.24. The number of amides is 1. The predicted molar refractivity (Wildman–Crippen MR) is 103 cm³/mol. The third-order valence-electron chi connectivity index (χ3n) is 5.21. The molecule has 1 amide bonds. The molecule has 0 spiro atoms. The number of benzene rings is 2. The minimum Gasteiger partial charge on any atom is -0.484 e. The van der Waals surface area contributed by atoms with Gasteiger partial charge in [-0.1, -0.05) is 35.9 Å². The Morgan fingerprint density at radius 2 is 2.00 bits per heavy atom. The van der Waals surface area contributed by atoms with E-state index in [1.165, 1.54) is 16.5 Å². The zero-order valence-electron chi connectivity index (χ0n) is 15.1. The molecule has 26 heavy (non-hydrogen) atoms. The molecule has 4 rings (SSSR count). The lowest BCUT2D eigenvalue weighted by molar-refractivity contribution is -0.134. The minimum absolute atomic E-state index is 0.0768. The summed E-state index contributed by atoms with van der Waals surface area (Å²) in [5.74, 6) is 0.823. The van der Waals surface area contributed by atoms with Crippen molar-refractivity contribution in [2.45, 2.75) is 32.2 Å². The molecule has 1 aromatic heterocycles. The molecule has 1 fully saturated rings. The smallest absolute Gasteiger partial charge is 0.260 e. The number of nitrogens with zero attached hydrogens (tertiary/aromatic N) is 1. The Balaban J connectivity index is 1.41. The van der Waals surface area contributed by atoms with Crippen LogP contribution in [-0.2, 0) is 11.2 Å². The van der Waals surface area contributed by atoms with Gasteiger partial charge in [-0.05, 0) is 49.9 Å². The third-order valence-corrected chi connectivity index (χ3v) is 5.21. The van der Waals surface area contributed by atoms with Crippen LogP contribution in [0.5, 0.6) is 5.75 Å². The van der Waals surface area contributed by atoms with Crippen molar-refractivity contribution in [1.29, 1.82) is 0 Å². The maximum Gasteiger partial charge on any atom is 0.260 e. The summed E-state index contributed by atoms with van der Waals surface area (Å²) in [4.78, 5) is 18.0. The van der Waals surface area contributed by atoms with Crippen LogP contribution in [0.2, 0.25) is 0 Å². The second-order valence-electron chi connectivity index (χ2n) is 7.05. The first-order valence-corrected chi connectivity index (χ1v) is 9.24. The zero-order chi connectivity index (χ0) is 17.9. The molecule has 0 bridgehead atoms. The van der Waals surface area contributed by atoms with Gasteiger partial charge in [0.15, 0.2) is 6.61 Å². The summed E-state index contributed by atoms with van der Waals surface area (Å²) in [6.07, 6.45) is 5.08. The van der Waals surface area contributed by atoms with Crippen molar-refractivity contribution in [3.63, 3.8) is 0 Å². The molecule has 1 aliphatic heterocycles. The van der Waals surface area contributed by atoms with Crippen LogP contribution in [0.1, 0.15) is 24.0 Å². The lowest BCUT2D eigenvalue weighted by Crippen LogP contribution is -2.39. The zero-order valence-corrected chi connectivity index (χ0v) is 15.1. The Morgan fingerprint density at radius 1 is 1.19 bits per heavy atom. The number of carbonyl (C=O) groups excluding carboxylic acids is 1. The summed E-state index contributed by atoms with van der Waals surface area (Å²) < 4.78 is 5.69. The van der Waals surface area contributed by atoms with E-state index < -0.39 is 0 Å². The average molecular weight is 348 g/mol. The molecular formula is C22H24N2O2. The van der Waals surface area contributed by atoms with Gasteiger partial charge in [0, 0.05) is 29.7 Å². The molecule has 0 aliphatic carbocycles. The van der Waals surface area contributed by atoms with E-state index in [4.69, 9.17) is 4.74 Å². The first kappa shape index (κ1) is 16.7. The van der Waals surface area contributed by atoms with Crippen LogP contribution < -0.4 is 4.74 Å². The van der Waals surface area contributed by atoms with Gasteiger partial charge in [0.25, 0.3) is 5.91 Å². The quantitative estimate of drug-likeness (QED) is 0.755.